The Balaban J connectivity index is 2.47. The predicted octanol–water partition coefficient (Wildman–Crippen LogP) is 2.44. The largest absolute Gasteiger partial charge is 0.252 e. The Bertz CT molecular complexity index is 558. The molecule has 0 radical (unpaired) electrons. The standard InChI is InChI=1S/C12H12N4/c1-3-14-16-9(2)12-8-13-10-6-4-5-7-11(10)15-12/h3-8H,1-2H3/b14-3-,16-9-. The van der Waals surface area contributed by atoms with Gasteiger partial charge in [0.25, 0.3) is 0 Å². The molecule has 16 heavy (non-hydrogen) atoms. The molecule has 0 aliphatic rings. The van der Waals surface area contributed by atoms with E-state index in [9.17, 15) is 0 Å². The zero-order valence-corrected chi connectivity index (χ0v) is 9.25. The van der Waals surface area contributed by atoms with E-state index in [-0.39, 0.29) is 0 Å². The summed E-state index contributed by atoms with van der Waals surface area (Å²) in [6.45, 7) is 3.69. The van der Waals surface area contributed by atoms with Gasteiger partial charge in [-0.1, -0.05) is 12.1 Å². The smallest absolute Gasteiger partial charge is 0.105 e. The molecule has 2 aromatic rings. The topological polar surface area (TPSA) is 50.5 Å². The maximum atomic E-state index is 4.46. The van der Waals surface area contributed by atoms with Crippen molar-refractivity contribution < 1.29 is 0 Å². The highest BCUT2D eigenvalue weighted by Crippen LogP contribution is 2.08. The number of benzene rings is 1. The number of para-hydroxylation sites is 2. The van der Waals surface area contributed by atoms with Crippen LogP contribution in [0.25, 0.3) is 11.0 Å². The van der Waals surface area contributed by atoms with Crippen LogP contribution in [-0.2, 0) is 0 Å². The van der Waals surface area contributed by atoms with Crippen molar-refractivity contribution in [2.75, 3.05) is 0 Å². The first-order chi connectivity index (χ1) is 7.81. The van der Waals surface area contributed by atoms with Crippen LogP contribution in [0.4, 0.5) is 0 Å². The quantitative estimate of drug-likeness (QED) is 0.567. The molecule has 4 nitrogen and oxygen atoms in total. The van der Waals surface area contributed by atoms with E-state index in [1.807, 2.05) is 38.1 Å². The van der Waals surface area contributed by atoms with E-state index in [1.165, 1.54) is 0 Å². The highest BCUT2D eigenvalue weighted by atomic mass is 15.2. The molecule has 0 atom stereocenters. The Morgan fingerprint density at radius 3 is 2.75 bits per heavy atom. The van der Waals surface area contributed by atoms with Gasteiger partial charge in [-0.3, -0.25) is 4.98 Å². The van der Waals surface area contributed by atoms with Gasteiger partial charge in [0.05, 0.1) is 22.9 Å². The molecule has 0 N–H and O–H groups in total. The number of rotatable bonds is 2. The third-order valence-corrected chi connectivity index (χ3v) is 2.14. The Kier molecular flexibility index (Phi) is 3.00. The first-order valence-corrected chi connectivity index (χ1v) is 5.05. The van der Waals surface area contributed by atoms with E-state index in [4.69, 9.17) is 0 Å². The number of nitrogens with zero attached hydrogens (tertiary/aromatic N) is 4. The van der Waals surface area contributed by atoms with Crippen LogP contribution in [0, 0.1) is 0 Å². The molecule has 0 spiro atoms. The van der Waals surface area contributed by atoms with Gasteiger partial charge in [-0.15, -0.1) is 0 Å². The van der Waals surface area contributed by atoms with Gasteiger partial charge in [0.1, 0.15) is 5.69 Å². The number of hydrogen-bond acceptors (Lipinski definition) is 4. The molecule has 80 valence electrons. The lowest BCUT2D eigenvalue weighted by Gasteiger charge is -2.00. The normalized spacial score (nSPS) is 12.5. The Morgan fingerprint density at radius 2 is 2.00 bits per heavy atom. The van der Waals surface area contributed by atoms with Crippen molar-refractivity contribution in [3.63, 3.8) is 0 Å². The molecule has 1 aromatic heterocycles. The van der Waals surface area contributed by atoms with E-state index in [0.29, 0.717) is 0 Å². The van der Waals surface area contributed by atoms with Gasteiger partial charge in [0, 0.05) is 6.21 Å². The van der Waals surface area contributed by atoms with Gasteiger partial charge >= 0.3 is 0 Å². The summed E-state index contributed by atoms with van der Waals surface area (Å²) in [5, 5.41) is 7.83. The molecular weight excluding hydrogens is 200 g/mol. The van der Waals surface area contributed by atoms with Crippen LogP contribution >= 0.6 is 0 Å². The first kappa shape index (κ1) is 10.4. The van der Waals surface area contributed by atoms with E-state index in [1.54, 1.807) is 12.4 Å². The van der Waals surface area contributed by atoms with Crippen molar-refractivity contribution in [2.24, 2.45) is 10.2 Å². The third kappa shape index (κ3) is 2.11. The lowest BCUT2D eigenvalue weighted by Crippen LogP contribution is -1.99. The molecule has 0 saturated heterocycles. The minimum Gasteiger partial charge on any atom is -0.252 e. The summed E-state index contributed by atoms with van der Waals surface area (Å²) in [5.41, 5.74) is 3.27. The molecule has 2 rings (SSSR count). The summed E-state index contributed by atoms with van der Waals surface area (Å²) >= 11 is 0. The first-order valence-electron chi connectivity index (χ1n) is 5.05. The highest BCUT2D eigenvalue weighted by molar-refractivity contribution is 5.98. The molecule has 0 aliphatic heterocycles. The molecule has 0 aliphatic carbocycles. The average molecular weight is 212 g/mol. The van der Waals surface area contributed by atoms with Crippen LogP contribution in [0.1, 0.15) is 19.5 Å². The highest BCUT2D eigenvalue weighted by Gasteiger charge is 2.01. The Hall–Kier alpha value is -2.10. The molecule has 4 heteroatoms. The fraction of sp³-hybridized carbons (Fsp3) is 0.167. The van der Waals surface area contributed by atoms with Crippen molar-refractivity contribution in [1.29, 1.82) is 0 Å². The van der Waals surface area contributed by atoms with Crippen molar-refractivity contribution in [2.45, 2.75) is 13.8 Å². The zero-order valence-electron chi connectivity index (χ0n) is 9.25. The second kappa shape index (κ2) is 4.61. The fourth-order valence-corrected chi connectivity index (χ4v) is 1.33. The molecule has 1 aromatic carbocycles. The monoisotopic (exact) mass is 212 g/mol. The maximum Gasteiger partial charge on any atom is 0.105 e. The van der Waals surface area contributed by atoms with Gasteiger partial charge < -0.3 is 0 Å². The number of fused-ring (bicyclic) bond motifs is 1. The second-order valence-corrected chi connectivity index (χ2v) is 3.30. The van der Waals surface area contributed by atoms with E-state index in [0.717, 1.165) is 22.4 Å². The van der Waals surface area contributed by atoms with Crippen molar-refractivity contribution in [3.8, 4) is 0 Å². The van der Waals surface area contributed by atoms with Gasteiger partial charge in [0.2, 0.25) is 0 Å². The van der Waals surface area contributed by atoms with Crippen molar-refractivity contribution in [3.05, 3.63) is 36.2 Å². The number of hydrogen-bond donors (Lipinski definition) is 0. The summed E-state index contributed by atoms with van der Waals surface area (Å²) in [7, 11) is 0. The second-order valence-electron chi connectivity index (χ2n) is 3.30. The van der Waals surface area contributed by atoms with Crippen LogP contribution < -0.4 is 0 Å². The van der Waals surface area contributed by atoms with Crippen molar-refractivity contribution in [1.82, 2.24) is 9.97 Å². The maximum absolute atomic E-state index is 4.46. The molecule has 0 bridgehead atoms. The van der Waals surface area contributed by atoms with Gasteiger partial charge in [0.15, 0.2) is 0 Å². The van der Waals surface area contributed by atoms with Crippen LogP contribution in [0.5, 0.6) is 0 Å². The molecule has 0 fully saturated rings. The summed E-state index contributed by atoms with van der Waals surface area (Å²) in [4.78, 5) is 8.78. The average Bonchev–Trinajstić information content (AvgIpc) is 2.35. The molecule has 0 unspecified atom stereocenters. The van der Waals surface area contributed by atoms with E-state index < -0.39 is 0 Å². The predicted molar refractivity (Wildman–Crippen MR) is 65.9 cm³/mol. The van der Waals surface area contributed by atoms with Crippen LogP contribution in [0.2, 0.25) is 0 Å². The van der Waals surface area contributed by atoms with Crippen molar-refractivity contribution >= 4 is 23.0 Å². The fourth-order valence-electron chi connectivity index (χ4n) is 1.33. The summed E-state index contributed by atoms with van der Waals surface area (Å²) in [6.07, 6.45) is 3.35. The summed E-state index contributed by atoms with van der Waals surface area (Å²) < 4.78 is 0. The SMILES string of the molecule is C/C=N\N=C(\C)c1cnc2ccccc2n1. The molecule has 0 amide bonds. The lowest BCUT2D eigenvalue weighted by atomic mass is 10.2. The van der Waals surface area contributed by atoms with Crippen LogP contribution in [-0.4, -0.2) is 21.9 Å². The number of aromatic nitrogens is 2. The van der Waals surface area contributed by atoms with E-state index >= 15 is 0 Å². The lowest BCUT2D eigenvalue weighted by molar-refractivity contribution is 1.20. The summed E-state index contributed by atoms with van der Waals surface area (Å²) in [5.74, 6) is 0. The van der Waals surface area contributed by atoms with E-state index in [2.05, 4.69) is 20.2 Å². The molecule has 1 heterocycles. The minimum absolute atomic E-state index is 0.754. The van der Waals surface area contributed by atoms with Crippen LogP contribution in [0.3, 0.4) is 0 Å². The minimum atomic E-state index is 0.754. The Morgan fingerprint density at radius 1 is 1.25 bits per heavy atom. The van der Waals surface area contributed by atoms with Gasteiger partial charge in [-0.05, 0) is 26.0 Å². The molecule has 0 saturated carbocycles. The van der Waals surface area contributed by atoms with Gasteiger partial charge in [-0.2, -0.15) is 10.2 Å². The van der Waals surface area contributed by atoms with Gasteiger partial charge in [-0.25, -0.2) is 4.98 Å². The van der Waals surface area contributed by atoms with Crippen LogP contribution in [0.15, 0.2) is 40.7 Å². The molecular formula is C12H12N4. The zero-order chi connectivity index (χ0) is 11.4. The Labute approximate surface area is 93.8 Å². The third-order valence-electron chi connectivity index (χ3n) is 2.14. The summed E-state index contributed by atoms with van der Waals surface area (Å²) in [6, 6.07) is 7.75.